The van der Waals surface area contributed by atoms with Gasteiger partial charge in [0.25, 0.3) is 0 Å². The fraction of sp³-hybridized carbons (Fsp3) is 0.625. The van der Waals surface area contributed by atoms with Crippen molar-refractivity contribution in [2.45, 2.75) is 25.7 Å². The van der Waals surface area contributed by atoms with Gasteiger partial charge in [0, 0.05) is 19.2 Å². The lowest BCUT2D eigenvalue weighted by Crippen LogP contribution is -1.88. The monoisotopic (exact) mass is 136 g/mol. The molecular formula is C8H12N2. The van der Waals surface area contributed by atoms with Crippen molar-refractivity contribution < 1.29 is 0 Å². The molecule has 1 aromatic rings. The summed E-state index contributed by atoms with van der Waals surface area (Å²) in [5.41, 5.74) is 2.67. The van der Waals surface area contributed by atoms with E-state index in [9.17, 15) is 0 Å². The molecule has 1 aliphatic rings. The third-order valence-corrected chi connectivity index (χ3v) is 2.01. The molecule has 2 heteroatoms. The van der Waals surface area contributed by atoms with Gasteiger partial charge in [-0.05, 0) is 25.3 Å². The Morgan fingerprint density at radius 1 is 1.60 bits per heavy atom. The topological polar surface area (TPSA) is 17.8 Å². The average Bonchev–Trinajstić information content (AvgIpc) is 2.61. The number of hydrogen-bond donors (Lipinski definition) is 0. The molecule has 0 radical (unpaired) electrons. The van der Waals surface area contributed by atoms with Gasteiger partial charge in [-0.1, -0.05) is 0 Å². The van der Waals surface area contributed by atoms with Gasteiger partial charge in [-0.25, -0.2) is 0 Å². The lowest BCUT2D eigenvalue weighted by Gasteiger charge is -1.89. The predicted octanol–water partition coefficient (Wildman–Crippen LogP) is 1.61. The lowest BCUT2D eigenvalue weighted by molar-refractivity contribution is 0.744. The Kier molecular flexibility index (Phi) is 1.10. The smallest absolute Gasteiger partial charge is 0.0684 e. The number of rotatable bonds is 1. The Morgan fingerprint density at radius 2 is 2.30 bits per heavy atom. The highest BCUT2D eigenvalue weighted by atomic mass is 15.3. The molecule has 10 heavy (non-hydrogen) atoms. The minimum atomic E-state index is 0.793. The van der Waals surface area contributed by atoms with Gasteiger partial charge < -0.3 is 0 Å². The quantitative estimate of drug-likeness (QED) is 0.573. The molecule has 0 unspecified atom stereocenters. The van der Waals surface area contributed by atoms with Crippen LogP contribution in [0.2, 0.25) is 0 Å². The summed E-state index contributed by atoms with van der Waals surface area (Å²) in [7, 11) is 1.98. The second kappa shape index (κ2) is 1.84. The molecule has 2 nitrogen and oxygen atoms in total. The van der Waals surface area contributed by atoms with Crippen molar-refractivity contribution in [1.82, 2.24) is 9.78 Å². The average molecular weight is 136 g/mol. The van der Waals surface area contributed by atoms with Crippen LogP contribution in [0, 0.1) is 6.92 Å². The van der Waals surface area contributed by atoms with Crippen LogP contribution in [0.3, 0.4) is 0 Å². The number of aryl methyl sites for hydroxylation is 2. The largest absolute Gasteiger partial charge is 0.275 e. The van der Waals surface area contributed by atoms with E-state index in [0.29, 0.717) is 0 Å². The summed E-state index contributed by atoms with van der Waals surface area (Å²) in [6.07, 6.45) is 4.78. The molecule has 0 aliphatic heterocycles. The highest BCUT2D eigenvalue weighted by molar-refractivity contribution is 5.22. The fourth-order valence-electron chi connectivity index (χ4n) is 1.38. The fourth-order valence-corrected chi connectivity index (χ4v) is 1.38. The summed E-state index contributed by atoms with van der Waals surface area (Å²) < 4.78 is 1.91. The molecule has 2 rings (SSSR count). The van der Waals surface area contributed by atoms with Crippen LogP contribution in [0.5, 0.6) is 0 Å². The van der Waals surface area contributed by atoms with Gasteiger partial charge in [0.05, 0.1) is 5.69 Å². The molecule has 0 spiro atoms. The van der Waals surface area contributed by atoms with Gasteiger partial charge in [-0.15, -0.1) is 0 Å². The van der Waals surface area contributed by atoms with Crippen molar-refractivity contribution in [3.8, 4) is 0 Å². The van der Waals surface area contributed by atoms with Crippen molar-refractivity contribution in [3.05, 3.63) is 17.5 Å². The van der Waals surface area contributed by atoms with Crippen LogP contribution in [0.4, 0.5) is 0 Å². The summed E-state index contributed by atoms with van der Waals surface area (Å²) >= 11 is 0. The van der Waals surface area contributed by atoms with Crippen LogP contribution in [-0.4, -0.2) is 9.78 Å². The first-order chi connectivity index (χ1) is 4.77. The molecule has 1 fully saturated rings. The molecule has 1 saturated carbocycles. The van der Waals surface area contributed by atoms with Gasteiger partial charge in [0.2, 0.25) is 0 Å². The van der Waals surface area contributed by atoms with Crippen LogP contribution >= 0.6 is 0 Å². The maximum absolute atomic E-state index is 4.39. The van der Waals surface area contributed by atoms with Crippen LogP contribution in [-0.2, 0) is 7.05 Å². The maximum atomic E-state index is 4.39. The number of aromatic nitrogens is 2. The molecule has 0 N–H and O–H groups in total. The van der Waals surface area contributed by atoms with Gasteiger partial charge in [-0.2, -0.15) is 5.10 Å². The first kappa shape index (κ1) is 5.96. The summed E-state index contributed by atoms with van der Waals surface area (Å²) in [5, 5.41) is 4.39. The Balaban J connectivity index is 2.38. The van der Waals surface area contributed by atoms with E-state index in [1.165, 1.54) is 24.1 Å². The van der Waals surface area contributed by atoms with Gasteiger partial charge >= 0.3 is 0 Å². The van der Waals surface area contributed by atoms with E-state index in [4.69, 9.17) is 0 Å². The minimum Gasteiger partial charge on any atom is -0.275 e. The van der Waals surface area contributed by atoms with Gasteiger partial charge in [0.15, 0.2) is 0 Å². The van der Waals surface area contributed by atoms with Crippen LogP contribution in [0.25, 0.3) is 0 Å². The highest BCUT2D eigenvalue weighted by Crippen LogP contribution is 2.40. The highest BCUT2D eigenvalue weighted by Gasteiger charge is 2.27. The van der Waals surface area contributed by atoms with E-state index in [2.05, 4.69) is 18.2 Å². The van der Waals surface area contributed by atoms with Crippen LogP contribution in [0.1, 0.15) is 30.0 Å². The first-order valence-electron chi connectivity index (χ1n) is 3.77. The van der Waals surface area contributed by atoms with E-state index in [0.717, 1.165) is 5.92 Å². The second-order valence-electron chi connectivity index (χ2n) is 3.15. The number of hydrogen-bond acceptors (Lipinski definition) is 1. The third-order valence-electron chi connectivity index (χ3n) is 2.01. The Bertz CT molecular complexity index is 246. The van der Waals surface area contributed by atoms with Crippen molar-refractivity contribution in [2.24, 2.45) is 7.05 Å². The zero-order valence-electron chi connectivity index (χ0n) is 6.46. The molecule has 0 atom stereocenters. The molecule has 0 amide bonds. The van der Waals surface area contributed by atoms with Crippen LogP contribution in [0.15, 0.2) is 6.20 Å². The Hall–Kier alpha value is -0.790. The molecule has 1 aromatic heterocycles. The number of nitrogens with zero attached hydrogens (tertiary/aromatic N) is 2. The maximum Gasteiger partial charge on any atom is 0.0684 e. The molecule has 0 saturated heterocycles. The Labute approximate surface area is 60.9 Å². The zero-order valence-corrected chi connectivity index (χ0v) is 6.46. The summed E-state index contributed by atoms with van der Waals surface area (Å²) in [6.45, 7) is 2.14. The Morgan fingerprint density at radius 3 is 2.70 bits per heavy atom. The standard InChI is InChI=1S/C8H12N2/c1-6-5-10(2)9-8(6)7-3-4-7/h5,7H,3-4H2,1-2H3. The van der Waals surface area contributed by atoms with Crippen molar-refractivity contribution in [1.29, 1.82) is 0 Å². The summed E-state index contributed by atoms with van der Waals surface area (Å²) in [5.74, 6) is 0.793. The van der Waals surface area contributed by atoms with E-state index < -0.39 is 0 Å². The zero-order chi connectivity index (χ0) is 7.14. The first-order valence-corrected chi connectivity index (χ1v) is 3.77. The van der Waals surface area contributed by atoms with E-state index >= 15 is 0 Å². The molecular weight excluding hydrogens is 124 g/mol. The lowest BCUT2D eigenvalue weighted by atomic mass is 10.2. The van der Waals surface area contributed by atoms with E-state index in [-0.39, 0.29) is 0 Å². The van der Waals surface area contributed by atoms with Crippen molar-refractivity contribution in [2.75, 3.05) is 0 Å². The predicted molar refractivity (Wildman–Crippen MR) is 39.9 cm³/mol. The van der Waals surface area contributed by atoms with Crippen LogP contribution < -0.4 is 0 Å². The second-order valence-corrected chi connectivity index (χ2v) is 3.15. The van der Waals surface area contributed by atoms with Gasteiger partial charge in [0.1, 0.15) is 0 Å². The molecule has 54 valence electrons. The van der Waals surface area contributed by atoms with Crippen molar-refractivity contribution in [3.63, 3.8) is 0 Å². The summed E-state index contributed by atoms with van der Waals surface area (Å²) in [4.78, 5) is 0. The van der Waals surface area contributed by atoms with E-state index in [1.54, 1.807) is 0 Å². The third kappa shape index (κ3) is 0.838. The van der Waals surface area contributed by atoms with Crippen molar-refractivity contribution >= 4 is 0 Å². The minimum absolute atomic E-state index is 0.793. The molecule has 0 aromatic carbocycles. The molecule has 0 bridgehead atoms. The molecule has 1 heterocycles. The summed E-state index contributed by atoms with van der Waals surface area (Å²) in [6, 6.07) is 0. The normalized spacial score (nSPS) is 17.8. The van der Waals surface area contributed by atoms with E-state index in [1.807, 2.05) is 11.7 Å². The molecule has 1 aliphatic carbocycles. The SMILES string of the molecule is Cc1cn(C)nc1C1CC1. The van der Waals surface area contributed by atoms with Gasteiger partial charge in [-0.3, -0.25) is 4.68 Å².